The number of rotatable bonds is 17. The third-order valence-electron chi connectivity index (χ3n) is 4.30. The molecule has 0 rings (SSSR count). The van der Waals surface area contributed by atoms with Gasteiger partial charge < -0.3 is 9.79 Å². The first-order valence-corrected chi connectivity index (χ1v) is 11.4. The van der Waals surface area contributed by atoms with Gasteiger partial charge in [-0.05, 0) is 6.42 Å². The molecule has 0 saturated heterocycles. The minimum Gasteiger partial charge on any atom is -0.324 e. The van der Waals surface area contributed by atoms with Gasteiger partial charge in [0.1, 0.15) is 0 Å². The summed E-state index contributed by atoms with van der Waals surface area (Å²) in [6, 6.07) is 0. The molecule has 0 unspecified atom stereocenters. The zero-order valence-corrected chi connectivity index (χ0v) is 19.5. The molecule has 0 spiro atoms. The first kappa shape index (κ1) is 26.3. The van der Waals surface area contributed by atoms with Crippen molar-refractivity contribution in [2.24, 2.45) is 0 Å². The second-order valence-corrected chi connectivity index (χ2v) is 8.47. The van der Waals surface area contributed by atoms with Crippen molar-refractivity contribution in [1.82, 2.24) is 0 Å². The molecular weight excluding hydrogens is 410 g/mol. The fraction of sp³-hybridized carbons (Fsp3) is 1.00. The van der Waals surface area contributed by atoms with Crippen molar-refractivity contribution in [3.8, 4) is 0 Å². The maximum Gasteiger partial charge on any atom is 0.325 e. The van der Waals surface area contributed by atoms with Gasteiger partial charge in [0.05, 0.1) is 0 Å². The van der Waals surface area contributed by atoms with Gasteiger partial charge in [-0.25, -0.2) is 0 Å². The van der Waals surface area contributed by atoms with Gasteiger partial charge >= 0.3 is 7.60 Å². The molecule has 3 nitrogen and oxygen atoms in total. The van der Waals surface area contributed by atoms with Crippen molar-refractivity contribution < 1.29 is 14.4 Å². The second kappa shape index (κ2) is 19.3. The van der Waals surface area contributed by atoms with Gasteiger partial charge in [-0.3, -0.25) is 4.57 Å². The average molecular weight is 449 g/mol. The van der Waals surface area contributed by atoms with Crippen LogP contribution in [0.1, 0.15) is 110 Å². The van der Waals surface area contributed by atoms with Crippen LogP contribution in [-0.4, -0.2) is 41.8 Å². The molecule has 0 aliphatic rings. The van der Waals surface area contributed by atoms with Crippen molar-refractivity contribution in [2.45, 2.75) is 110 Å². The van der Waals surface area contributed by atoms with E-state index >= 15 is 0 Å². The zero-order valence-electron chi connectivity index (χ0n) is 15.3. The van der Waals surface area contributed by atoms with Gasteiger partial charge in [-0.1, -0.05) is 103 Å². The molecule has 0 aromatic rings. The molecule has 0 amide bonds. The van der Waals surface area contributed by atoms with E-state index in [1.807, 2.05) is 0 Å². The van der Waals surface area contributed by atoms with E-state index in [0.29, 0.717) is 6.42 Å². The van der Waals surface area contributed by atoms with Crippen LogP contribution < -0.4 is 0 Å². The predicted molar refractivity (Wildman–Crippen MR) is 102 cm³/mol. The Kier molecular flexibility index (Phi) is 22.1. The summed E-state index contributed by atoms with van der Waals surface area (Å²) in [7, 11) is -3.75. The maximum atomic E-state index is 10.7. The van der Waals surface area contributed by atoms with Crippen LogP contribution in [0.15, 0.2) is 0 Å². The van der Waals surface area contributed by atoms with Crippen LogP contribution >= 0.6 is 7.60 Å². The topological polar surface area (TPSA) is 57.5 Å². The summed E-state index contributed by atoms with van der Waals surface area (Å²) in [6.07, 6.45) is 20.6. The number of hydrogen-bond acceptors (Lipinski definition) is 1. The van der Waals surface area contributed by atoms with Gasteiger partial charge in [0.15, 0.2) is 0 Å². The standard InChI is InChI=1S/C18H39O3P.In/c1-2-3-4-5-6-7-8-9-10-11-12-13-14-15-16-17-18-22(19,20)21;/h2-18H2,1H3,(H2,19,20,21);. The van der Waals surface area contributed by atoms with Crippen LogP contribution in [0.4, 0.5) is 0 Å². The monoisotopic (exact) mass is 449 g/mol. The van der Waals surface area contributed by atoms with E-state index < -0.39 is 7.60 Å². The Labute approximate surface area is 163 Å². The quantitative estimate of drug-likeness (QED) is 0.210. The Morgan fingerprint density at radius 3 is 1.09 bits per heavy atom. The zero-order chi connectivity index (χ0) is 16.5. The summed E-state index contributed by atoms with van der Waals surface area (Å²) < 4.78 is 10.7. The van der Waals surface area contributed by atoms with E-state index in [0.717, 1.165) is 12.8 Å². The van der Waals surface area contributed by atoms with E-state index in [1.165, 1.54) is 83.5 Å². The molecular formula is C18H39InO3P. The van der Waals surface area contributed by atoms with Crippen LogP contribution in [-0.2, 0) is 4.57 Å². The number of unbranched alkanes of at least 4 members (excludes halogenated alkanes) is 15. The smallest absolute Gasteiger partial charge is 0.324 e. The van der Waals surface area contributed by atoms with Gasteiger partial charge in [0.25, 0.3) is 0 Å². The fourth-order valence-electron chi connectivity index (χ4n) is 2.87. The van der Waals surface area contributed by atoms with Crippen LogP contribution in [0.2, 0.25) is 0 Å². The molecule has 0 bridgehead atoms. The van der Waals surface area contributed by atoms with E-state index in [9.17, 15) is 4.57 Å². The Morgan fingerprint density at radius 1 is 0.565 bits per heavy atom. The molecule has 5 heteroatoms. The molecule has 0 saturated carbocycles. The summed E-state index contributed by atoms with van der Waals surface area (Å²) in [6.45, 7) is 2.27. The summed E-state index contributed by atoms with van der Waals surface area (Å²) >= 11 is 0. The molecule has 0 fully saturated rings. The Hall–Kier alpha value is 1.02. The van der Waals surface area contributed by atoms with Gasteiger partial charge in [-0.2, -0.15) is 0 Å². The summed E-state index contributed by atoms with van der Waals surface area (Å²) in [5, 5.41) is 0. The predicted octanol–water partition coefficient (Wildman–Crippen LogP) is 6.04. The number of hydrogen-bond donors (Lipinski definition) is 2. The van der Waals surface area contributed by atoms with Crippen molar-refractivity contribution in [3.63, 3.8) is 0 Å². The molecule has 0 aromatic heterocycles. The molecule has 0 aliphatic carbocycles. The molecule has 23 heavy (non-hydrogen) atoms. The molecule has 0 aliphatic heterocycles. The van der Waals surface area contributed by atoms with Gasteiger partial charge in [0.2, 0.25) is 0 Å². The van der Waals surface area contributed by atoms with E-state index in [2.05, 4.69) is 6.92 Å². The minimum atomic E-state index is -3.75. The van der Waals surface area contributed by atoms with E-state index in [4.69, 9.17) is 9.79 Å². The third kappa shape index (κ3) is 25.4. The van der Waals surface area contributed by atoms with Gasteiger partial charge in [-0.15, -0.1) is 0 Å². The molecule has 0 atom stereocenters. The van der Waals surface area contributed by atoms with Crippen LogP contribution in [0.25, 0.3) is 0 Å². The van der Waals surface area contributed by atoms with Crippen LogP contribution in [0, 0.1) is 0 Å². The average Bonchev–Trinajstić information content (AvgIpc) is 2.45. The van der Waals surface area contributed by atoms with E-state index in [1.54, 1.807) is 0 Å². The van der Waals surface area contributed by atoms with Crippen molar-refractivity contribution in [3.05, 3.63) is 0 Å². The Balaban J connectivity index is 0. The molecule has 0 heterocycles. The van der Waals surface area contributed by atoms with Crippen LogP contribution in [0.5, 0.6) is 0 Å². The second-order valence-electron chi connectivity index (χ2n) is 6.69. The van der Waals surface area contributed by atoms with Crippen molar-refractivity contribution >= 4 is 33.4 Å². The fourth-order valence-corrected chi connectivity index (χ4v) is 3.50. The SMILES string of the molecule is CCCCCCCCCCCCCCCCCCP(=O)(O)O.[In]. The van der Waals surface area contributed by atoms with Crippen molar-refractivity contribution in [2.75, 3.05) is 6.16 Å². The third-order valence-corrected chi connectivity index (χ3v) is 5.20. The molecule has 3 radical (unpaired) electrons. The summed E-state index contributed by atoms with van der Waals surface area (Å²) in [5.41, 5.74) is 0. The Bertz CT molecular complexity index is 269. The normalized spacial score (nSPS) is 11.4. The molecule has 2 N–H and O–H groups in total. The van der Waals surface area contributed by atoms with E-state index in [-0.39, 0.29) is 32.0 Å². The largest absolute Gasteiger partial charge is 0.325 e. The summed E-state index contributed by atoms with van der Waals surface area (Å²) in [4.78, 5) is 17.5. The Morgan fingerprint density at radius 2 is 0.826 bits per heavy atom. The van der Waals surface area contributed by atoms with Crippen LogP contribution in [0.3, 0.4) is 0 Å². The van der Waals surface area contributed by atoms with Gasteiger partial charge in [0, 0.05) is 32.0 Å². The first-order valence-electron chi connectivity index (χ1n) is 9.61. The maximum absolute atomic E-state index is 10.7. The molecule has 0 aromatic carbocycles. The summed E-state index contributed by atoms with van der Waals surface area (Å²) in [5.74, 6) is 0. The minimum absolute atomic E-state index is 0. The first-order chi connectivity index (χ1) is 10.6. The van der Waals surface area contributed by atoms with Crippen molar-refractivity contribution in [1.29, 1.82) is 0 Å². The molecule has 137 valence electrons.